The highest BCUT2D eigenvalue weighted by atomic mass is 32.2. The molecule has 0 spiro atoms. The zero-order chi connectivity index (χ0) is 12.8. The summed E-state index contributed by atoms with van der Waals surface area (Å²) >= 11 is 1.30. The molecule has 1 aromatic carbocycles. The number of hydrogen-bond acceptors (Lipinski definition) is 4. The van der Waals surface area contributed by atoms with Gasteiger partial charge in [0, 0.05) is 11.9 Å². The molecule has 0 saturated heterocycles. The number of benzene rings is 1. The smallest absolute Gasteiger partial charge is 0.345 e. The fourth-order valence-corrected chi connectivity index (χ4v) is 2.14. The molecule has 1 aliphatic rings. The van der Waals surface area contributed by atoms with Crippen molar-refractivity contribution in [3.63, 3.8) is 0 Å². The van der Waals surface area contributed by atoms with E-state index in [9.17, 15) is 4.79 Å². The van der Waals surface area contributed by atoms with Gasteiger partial charge in [-0.2, -0.15) is 4.40 Å². The summed E-state index contributed by atoms with van der Waals surface area (Å²) in [4.78, 5) is 11.5. The Bertz CT molecular complexity index is 494. The molecule has 0 bridgehead atoms. The van der Waals surface area contributed by atoms with Crippen molar-refractivity contribution in [2.45, 2.75) is 26.2 Å². The number of hydrogen-bond donors (Lipinski definition) is 0. The molecule has 1 aliphatic heterocycles. The first kappa shape index (κ1) is 12.9. The van der Waals surface area contributed by atoms with Gasteiger partial charge < -0.3 is 4.74 Å². The summed E-state index contributed by atoms with van der Waals surface area (Å²) in [6.07, 6.45) is 5.52. The SMILES string of the molecule is CCCC/C=C/S/N=C1/OC(=O)c2ccccc21. The molecule has 0 fully saturated rings. The van der Waals surface area contributed by atoms with Crippen LogP contribution in [0.3, 0.4) is 0 Å². The van der Waals surface area contributed by atoms with Crippen LogP contribution in [0.25, 0.3) is 0 Å². The van der Waals surface area contributed by atoms with E-state index in [1.54, 1.807) is 6.07 Å². The Balaban J connectivity index is 1.99. The van der Waals surface area contributed by atoms with Gasteiger partial charge >= 0.3 is 5.97 Å². The standard InChI is InChI=1S/C14H15NO2S/c1-2-3-4-7-10-18-15-13-11-8-5-6-9-12(11)14(16)17-13/h5-10H,2-4H2,1H3/b10-7+,15-13+. The molecule has 0 aliphatic carbocycles. The van der Waals surface area contributed by atoms with Crippen LogP contribution in [-0.4, -0.2) is 11.9 Å². The number of rotatable bonds is 5. The second-order valence-corrected chi connectivity index (χ2v) is 4.62. The lowest BCUT2D eigenvalue weighted by Crippen LogP contribution is -1.98. The summed E-state index contributed by atoms with van der Waals surface area (Å²) in [5.41, 5.74) is 1.36. The van der Waals surface area contributed by atoms with E-state index in [1.165, 1.54) is 24.8 Å². The van der Waals surface area contributed by atoms with Crippen molar-refractivity contribution < 1.29 is 9.53 Å². The number of allylic oxidation sites excluding steroid dienone is 1. The minimum atomic E-state index is -0.320. The third-order valence-electron chi connectivity index (χ3n) is 2.58. The molecule has 1 heterocycles. The van der Waals surface area contributed by atoms with E-state index in [1.807, 2.05) is 23.6 Å². The van der Waals surface area contributed by atoms with Crippen LogP contribution in [0.5, 0.6) is 0 Å². The molecule has 0 atom stereocenters. The average Bonchev–Trinajstić information content (AvgIpc) is 2.71. The van der Waals surface area contributed by atoms with Crippen molar-refractivity contribution in [3.8, 4) is 0 Å². The van der Waals surface area contributed by atoms with E-state index in [-0.39, 0.29) is 5.97 Å². The van der Waals surface area contributed by atoms with Crippen LogP contribution in [0.1, 0.15) is 42.1 Å². The van der Waals surface area contributed by atoms with Gasteiger partial charge in [0.25, 0.3) is 0 Å². The fourth-order valence-electron chi connectivity index (χ4n) is 1.62. The Morgan fingerprint density at radius 3 is 2.89 bits per heavy atom. The van der Waals surface area contributed by atoms with E-state index in [0.717, 1.165) is 12.0 Å². The molecular formula is C14H15NO2S. The minimum absolute atomic E-state index is 0.320. The molecule has 94 valence electrons. The van der Waals surface area contributed by atoms with Crippen LogP contribution in [0.2, 0.25) is 0 Å². The number of ether oxygens (including phenoxy) is 1. The van der Waals surface area contributed by atoms with Crippen molar-refractivity contribution in [2.75, 3.05) is 0 Å². The van der Waals surface area contributed by atoms with Crippen molar-refractivity contribution in [3.05, 3.63) is 46.9 Å². The summed E-state index contributed by atoms with van der Waals surface area (Å²) in [5.74, 6) is 0.0839. The van der Waals surface area contributed by atoms with Crippen LogP contribution in [0.15, 0.2) is 40.1 Å². The molecule has 1 aromatic rings. The predicted octanol–water partition coefficient (Wildman–Crippen LogP) is 3.96. The van der Waals surface area contributed by atoms with E-state index in [0.29, 0.717) is 11.5 Å². The highest BCUT2D eigenvalue weighted by molar-refractivity contribution is 8.01. The Hall–Kier alpha value is -1.55. The molecule has 2 rings (SSSR count). The summed E-state index contributed by atoms with van der Waals surface area (Å²) in [6, 6.07) is 7.29. The van der Waals surface area contributed by atoms with E-state index < -0.39 is 0 Å². The summed E-state index contributed by atoms with van der Waals surface area (Å²) in [6.45, 7) is 2.16. The van der Waals surface area contributed by atoms with Crippen LogP contribution < -0.4 is 0 Å². The lowest BCUT2D eigenvalue weighted by atomic mass is 10.1. The maximum absolute atomic E-state index is 11.5. The number of fused-ring (bicyclic) bond motifs is 1. The first-order valence-corrected chi connectivity index (χ1v) is 6.87. The molecule has 0 N–H and O–H groups in total. The Kier molecular flexibility index (Phi) is 4.59. The monoisotopic (exact) mass is 261 g/mol. The fraction of sp³-hybridized carbons (Fsp3) is 0.286. The second kappa shape index (κ2) is 6.40. The Morgan fingerprint density at radius 1 is 1.33 bits per heavy atom. The second-order valence-electron chi connectivity index (χ2n) is 3.95. The average molecular weight is 261 g/mol. The zero-order valence-corrected chi connectivity index (χ0v) is 11.1. The van der Waals surface area contributed by atoms with Gasteiger partial charge in [-0.3, -0.25) is 0 Å². The predicted molar refractivity (Wildman–Crippen MR) is 74.7 cm³/mol. The third-order valence-corrected chi connectivity index (χ3v) is 3.17. The lowest BCUT2D eigenvalue weighted by molar-refractivity contribution is 0.0738. The first-order chi connectivity index (χ1) is 8.83. The molecular weight excluding hydrogens is 246 g/mol. The largest absolute Gasteiger partial charge is 0.403 e. The van der Waals surface area contributed by atoms with Gasteiger partial charge in [0.05, 0.1) is 11.1 Å². The zero-order valence-electron chi connectivity index (χ0n) is 10.3. The molecule has 18 heavy (non-hydrogen) atoms. The van der Waals surface area contributed by atoms with E-state index in [2.05, 4.69) is 17.4 Å². The van der Waals surface area contributed by atoms with Gasteiger partial charge in [-0.05, 0) is 24.0 Å². The highest BCUT2D eigenvalue weighted by Gasteiger charge is 2.26. The Morgan fingerprint density at radius 2 is 2.11 bits per heavy atom. The third kappa shape index (κ3) is 3.01. The van der Waals surface area contributed by atoms with Gasteiger partial charge in [0.2, 0.25) is 5.90 Å². The van der Waals surface area contributed by atoms with E-state index in [4.69, 9.17) is 4.74 Å². The number of carbonyl (C=O) groups is 1. The number of carbonyl (C=O) groups excluding carboxylic acids is 1. The molecule has 0 unspecified atom stereocenters. The Labute approximate surface area is 111 Å². The maximum atomic E-state index is 11.5. The summed E-state index contributed by atoms with van der Waals surface area (Å²) < 4.78 is 9.33. The van der Waals surface area contributed by atoms with Gasteiger partial charge in [-0.15, -0.1) is 0 Å². The van der Waals surface area contributed by atoms with Crippen molar-refractivity contribution >= 4 is 23.8 Å². The summed E-state index contributed by atoms with van der Waals surface area (Å²) in [7, 11) is 0. The minimum Gasteiger partial charge on any atom is -0.403 e. The van der Waals surface area contributed by atoms with Crippen LogP contribution in [0, 0.1) is 0 Å². The number of nitrogens with zero attached hydrogens (tertiary/aromatic N) is 1. The van der Waals surface area contributed by atoms with Gasteiger partial charge in [-0.1, -0.05) is 38.0 Å². The van der Waals surface area contributed by atoms with Crippen molar-refractivity contribution in [1.82, 2.24) is 0 Å². The highest BCUT2D eigenvalue weighted by Crippen LogP contribution is 2.22. The molecule has 0 amide bonds. The van der Waals surface area contributed by atoms with Gasteiger partial charge in [-0.25, -0.2) is 4.79 Å². The normalized spacial score (nSPS) is 16.3. The molecule has 0 aromatic heterocycles. The molecule has 4 heteroatoms. The molecule has 0 saturated carbocycles. The molecule has 0 radical (unpaired) electrons. The van der Waals surface area contributed by atoms with E-state index >= 15 is 0 Å². The van der Waals surface area contributed by atoms with Crippen LogP contribution in [-0.2, 0) is 4.74 Å². The van der Waals surface area contributed by atoms with Gasteiger partial charge in [0.1, 0.15) is 0 Å². The van der Waals surface area contributed by atoms with Crippen LogP contribution >= 0.6 is 11.9 Å². The number of unbranched alkanes of at least 4 members (excludes halogenated alkanes) is 2. The number of cyclic esters (lactones) is 1. The van der Waals surface area contributed by atoms with Gasteiger partial charge in [0.15, 0.2) is 0 Å². The van der Waals surface area contributed by atoms with Crippen LogP contribution in [0.4, 0.5) is 0 Å². The topological polar surface area (TPSA) is 38.7 Å². The lowest BCUT2D eigenvalue weighted by Gasteiger charge is -1.94. The molecule has 3 nitrogen and oxygen atoms in total. The maximum Gasteiger partial charge on any atom is 0.345 e. The first-order valence-electron chi connectivity index (χ1n) is 6.03. The summed E-state index contributed by atoms with van der Waals surface area (Å²) in [5, 5.41) is 1.93. The quantitative estimate of drug-likeness (QED) is 0.457. The number of esters is 1. The van der Waals surface area contributed by atoms with Crippen molar-refractivity contribution in [1.29, 1.82) is 0 Å². The van der Waals surface area contributed by atoms with Crippen molar-refractivity contribution in [2.24, 2.45) is 4.40 Å².